The van der Waals surface area contributed by atoms with Gasteiger partial charge in [-0.3, -0.25) is 27.3 Å². The van der Waals surface area contributed by atoms with Gasteiger partial charge in [-0.15, -0.1) is 0 Å². The number of benzene rings is 2. The first-order chi connectivity index (χ1) is 16.8. The van der Waals surface area contributed by atoms with Crippen LogP contribution in [0.15, 0.2) is 60.7 Å². The van der Waals surface area contributed by atoms with E-state index in [1.54, 1.807) is 0 Å². The van der Waals surface area contributed by atoms with Crippen LogP contribution in [0.4, 0.5) is 11.4 Å². The van der Waals surface area contributed by atoms with Gasteiger partial charge in [0.1, 0.15) is 0 Å². The maximum atomic E-state index is 8.74. The summed E-state index contributed by atoms with van der Waals surface area (Å²) in [5.41, 5.74) is 2.63. The Morgan fingerprint density at radius 1 is 0.474 bits per heavy atom. The van der Waals surface area contributed by atoms with E-state index in [1.807, 2.05) is 12.1 Å². The minimum atomic E-state index is -4.67. The first-order valence-corrected chi connectivity index (χ1v) is 14.6. The Bertz CT molecular complexity index is 980. The molecule has 2 rings (SSSR count). The van der Waals surface area contributed by atoms with Crippen LogP contribution in [0.1, 0.15) is 27.7 Å². The number of hydrogen-bond acceptors (Lipinski definition) is 8. The monoisotopic (exact) mass is 610 g/mol. The Morgan fingerprint density at radius 3 is 0.763 bits per heavy atom. The second-order valence-electron chi connectivity index (χ2n) is 6.36. The van der Waals surface area contributed by atoms with Crippen molar-refractivity contribution in [3.8, 4) is 0 Å². The van der Waals surface area contributed by atoms with Gasteiger partial charge in [0.05, 0.1) is 0 Å². The molecule has 0 fully saturated rings. The molecule has 224 valence electrons. The lowest BCUT2D eigenvalue weighted by Gasteiger charge is -2.20. The van der Waals surface area contributed by atoms with E-state index in [0.717, 1.165) is 26.2 Å². The highest BCUT2D eigenvalue weighted by Gasteiger charge is 1.98. The van der Waals surface area contributed by atoms with Crippen LogP contribution in [0.2, 0.25) is 0 Å². The average Bonchev–Trinajstić information content (AvgIpc) is 2.74. The Morgan fingerprint density at radius 2 is 0.632 bits per heavy atom. The van der Waals surface area contributed by atoms with Crippen molar-refractivity contribution in [1.82, 2.24) is 0 Å². The summed E-state index contributed by atoms with van der Waals surface area (Å²) in [6.07, 6.45) is 0. The van der Waals surface area contributed by atoms with Gasteiger partial charge in [-0.1, -0.05) is 36.4 Å². The molecule has 0 aliphatic heterocycles. The van der Waals surface area contributed by atoms with Crippen molar-refractivity contribution in [3.05, 3.63) is 60.7 Å². The predicted octanol–water partition coefficient (Wildman–Crippen LogP) is 2.28. The minimum Gasteiger partial charge on any atom is -0.412 e. The molecule has 0 spiro atoms. The molecule has 0 bridgehead atoms. The second-order valence-corrected chi connectivity index (χ2v) is 9.05. The van der Waals surface area contributed by atoms with Gasteiger partial charge in [0.15, 0.2) is 0 Å². The lowest BCUT2D eigenvalue weighted by atomic mass is 10.3. The van der Waals surface area contributed by atoms with Gasteiger partial charge in [-0.25, -0.2) is 0 Å². The number of hydrogen-bond donors (Lipinski definition) is 6. The zero-order valence-electron chi connectivity index (χ0n) is 21.4. The smallest absolute Gasteiger partial charge is 0.394 e. The molecule has 0 atom stereocenters. The summed E-state index contributed by atoms with van der Waals surface area (Å²) in [5, 5.41) is 0. The molecule has 0 saturated carbocycles. The summed E-state index contributed by atoms with van der Waals surface area (Å²) in [4.78, 5) is 4.67. The fraction of sp³-hybridized carbons (Fsp3) is 0.400. The van der Waals surface area contributed by atoms with Crippen molar-refractivity contribution in [3.63, 3.8) is 0 Å². The third kappa shape index (κ3) is 40.8. The third-order valence-electron chi connectivity index (χ3n) is 3.77. The molecule has 38 heavy (non-hydrogen) atoms. The quantitative estimate of drug-likeness (QED) is 0.256. The van der Waals surface area contributed by atoms with Gasteiger partial charge >= 0.3 is 31.2 Å². The van der Waals surface area contributed by atoms with Crippen LogP contribution < -0.4 is 9.80 Å². The molecule has 8 N–H and O–H groups in total. The highest BCUT2D eigenvalue weighted by atomic mass is 32.3. The predicted molar refractivity (Wildman–Crippen MR) is 146 cm³/mol. The molecular weight excluding hydrogens is 572 g/mol. The zero-order valence-corrected chi connectivity index (χ0v) is 23.8. The van der Waals surface area contributed by atoms with Crippen LogP contribution >= 0.6 is 0 Å². The van der Waals surface area contributed by atoms with Crippen molar-refractivity contribution >= 4 is 42.6 Å². The average molecular weight is 611 g/mol. The maximum Gasteiger partial charge on any atom is 0.394 e. The molecule has 0 amide bonds. The number of rotatable bonds is 6. The SMILES string of the molecule is CCN(CC)c1ccccc1.CCN(CC)c1ccccc1.O.O=S(=O)(O)O.O=S(=O)(O)O.O=S(=O)(O)O. The molecule has 0 aliphatic rings. The summed E-state index contributed by atoms with van der Waals surface area (Å²) in [7, 11) is -14.0. The molecular formula is C20H38N2O13S3. The van der Waals surface area contributed by atoms with E-state index >= 15 is 0 Å². The zero-order chi connectivity index (χ0) is 29.7. The van der Waals surface area contributed by atoms with Gasteiger partial charge in [-0.2, -0.15) is 25.3 Å². The van der Waals surface area contributed by atoms with E-state index < -0.39 is 31.2 Å². The van der Waals surface area contributed by atoms with Crippen molar-refractivity contribution in [2.45, 2.75) is 27.7 Å². The van der Waals surface area contributed by atoms with Crippen molar-refractivity contribution in [2.75, 3.05) is 36.0 Å². The van der Waals surface area contributed by atoms with Gasteiger partial charge in [-0.05, 0) is 52.0 Å². The molecule has 0 unspecified atom stereocenters. The standard InChI is InChI=1S/2C10H15N.3H2O4S.H2O/c2*1-3-11(4-2)10-8-6-5-7-9-10;3*1-5(2,3)4;/h2*5-9H,3-4H2,1-2H3;3*(H2,1,2,3,4);1H2. The van der Waals surface area contributed by atoms with E-state index in [4.69, 9.17) is 52.6 Å². The first-order valence-electron chi connectivity index (χ1n) is 10.5. The van der Waals surface area contributed by atoms with E-state index in [2.05, 4.69) is 86.0 Å². The normalized spacial score (nSPS) is 10.2. The highest BCUT2D eigenvalue weighted by Crippen LogP contribution is 2.12. The summed E-state index contributed by atoms with van der Waals surface area (Å²) in [6, 6.07) is 21.0. The molecule has 0 aliphatic carbocycles. The molecule has 0 aromatic heterocycles. The summed E-state index contributed by atoms with van der Waals surface area (Å²) in [6.45, 7) is 13.0. The van der Waals surface area contributed by atoms with E-state index in [-0.39, 0.29) is 5.48 Å². The Balaban J connectivity index is -0.000000200. The van der Waals surface area contributed by atoms with Crippen LogP contribution in [0.25, 0.3) is 0 Å². The Labute approximate surface area is 224 Å². The van der Waals surface area contributed by atoms with Crippen LogP contribution in [0, 0.1) is 0 Å². The van der Waals surface area contributed by atoms with Crippen molar-refractivity contribution in [1.29, 1.82) is 0 Å². The van der Waals surface area contributed by atoms with Crippen molar-refractivity contribution in [2.24, 2.45) is 0 Å². The van der Waals surface area contributed by atoms with Crippen LogP contribution in [-0.2, 0) is 31.2 Å². The highest BCUT2D eigenvalue weighted by molar-refractivity contribution is 7.80. The minimum absolute atomic E-state index is 0. The van der Waals surface area contributed by atoms with E-state index in [1.165, 1.54) is 11.4 Å². The first kappa shape index (κ1) is 42.7. The van der Waals surface area contributed by atoms with Gasteiger partial charge < -0.3 is 15.3 Å². The molecule has 0 saturated heterocycles. The third-order valence-corrected chi connectivity index (χ3v) is 3.77. The summed E-state index contributed by atoms with van der Waals surface area (Å²) in [5.74, 6) is 0. The van der Waals surface area contributed by atoms with E-state index in [9.17, 15) is 0 Å². The number of nitrogens with zero attached hydrogens (tertiary/aromatic N) is 2. The molecule has 15 nitrogen and oxygen atoms in total. The van der Waals surface area contributed by atoms with Gasteiger partial charge in [0.2, 0.25) is 0 Å². The fourth-order valence-electron chi connectivity index (χ4n) is 2.46. The van der Waals surface area contributed by atoms with Gasteiger partial charge in [0, 0.05) is 37.6 Å². The molecule has 0 radical (unpaired) electrons. The summed E-state index contributed by atoms with van der Waals surface area (Å²) < 4.78 is 94.8. The largest absolute Gasteiger partial charge is 0.412 e. The molecule has 2 aromatic rings. The van der Waals surface area contributed by atoms with Gasteiger partial charge in [0.25, 0.3) is 0 Å². The van der Waals surface area contributed by atoms with Crippen molar-refractivity contribution < 1.29 is 58.0 Å². The number of para-hydroxylation sites is 2. The van der Waals surface area contributed by atoms with E-state index in [0.29, 0.717) is 0 Å². The Kier molecular flexibility index (Phi) is 25.4. The molecule has 0 heterocycles. The lowest BCUT2D eigenvalue weighted by Crippen LogP contribution is -2.21. The topological polar surface area (TPSA) is 262 Å². The number of anilines is 2. The van der Waals surface area contributed by atoms with Crippen LogP contribution in [0.5, 0.6) is 0 Å². The summed E-state index contributed by atoms with van der Waals surface area (Å²) >= 11 is 0. The molecule has 18 heteroatoms. The lowest BCUT2D eigenvalue weighted by molar-refractivity contribution is 0.378. The van der Waals surface area contributed by atoms with Crippen LogP contribution in [-0.4, -0.2) is 84.2 Å². The maximum absolute atomic E-state index is 8.74. The molecule has 2 aromatic carbocycles. The van der Waals surface area contributed by atoms with Crippen LogP contribution in [0.3, 0.4) is 0 Å². The second kappa shape index (κ2) is 22.6. The fourth-order valence-corrected chi connectivity index (χ4v) is 2.46. The Hall–Kier alpha value is -2.39.